The standard InChI is InChI=1S/C24H16BN/c1-2-8-19-18(7-1)20-9-3-4-11-22(20)24-14-13-17-15-16-25(26(17)24)23-12-6-5-10-21(19)23/h1-16H. The van der Waals surface area contributed by atoms with Crippen LogP contribution in [0.4, 0.5) is 0 Å². The maximum Gasteiger partial charge on any atom is 0.321 e. The number of rotatable bonds is 0. The van der Waals surface area contributed by atoms with E-state index in [-0.39, 0.29) is 6.85 Å². The van der Waals surface area contributed by atoms with E-state index >= 15 is 0 Å². The van der Waals surface area contributed by atoms with Crippen LogP contribution >= 0.6 is 0 Å². The van der Waals surface area contributed by atoms with Gasteiger partial charge in [-0.1, -0.05) is 78.8 Å². The Kier molecular flexibility index (Phi) is 2.75. The van der Waals surface area contributed by atoms with Crippen LogP contribution in [-0.2, 0) is 0 Å². The normalized spacial score (nSPS) is 13.2. The summed E-state index contributed by atoms with van der Waals surface area (Å²) in [6, 6.07) is 30.9. The minimum atomic E-state index is 0.241. The summed E-state index contributed by atoms with van der Waals surface area (Å²) >= 11 is 0. The average molecular weight is 329 g/mol. The fourth-order valence-corrected chi connectivity index (χ4v) is 4.54. The molecule has 6 rings (SSSR count). The third-order valence-corrected chi connectivity index (χ3v) is 5.67. The fraction of sp³-hybridized carbons (Fsp3) is 0. The number of fused-ring (bicyclic) bond motifs is 7. The van der Waals surface area contributed by atoms with E-state index in [9.17, 15) is 0 Å². The van der Waals surface area contributed by atoms with Crippen molar-refractivity contribution >= 4 is 18.4 Å². The number of hydrogen-bond donors (Lipinski definition) is 0. The van der Waals surface area contributed by atoms with E-state index in [4.69, 9.17) is 0 Å². The quantitative estimate of drug-likeness (QED) is 0.395. The lowest BCUT2D eigenvalue weighted by atomic mass is 9.55. The van der Waals surface area contributed by atoms with Gasteiger partial charge in [0.1, 0.15) is 0 Å². The second-order valence-corrected chi connectivity index (χ2v) is 7.00. The van der Waals surface area contributed by atoms with Crippen molar-refractivity contribution in [2.45, 2.75) is 0 Å². The summed E-state index contributed by atoms with van der Waals surface area (Å²) in [7, 11) is 0. The van der Waals surface area contributed by atoms with Gasteiger partial charge < -0.3 is 4.48 Å². The highest BCUT2D eigenvalue weighted by atomic mass is 14.9. The summed E-state index contributed by atoms with van der Waals surface area (Å²) < 4.78 is 2.48. The summed E-state index contributed by atoms with van der Waals surface area (Å²) in [5.41, 5.74) is 10.5. The lowest BCUT2D eigenvalue weighted by molar-refractivity contribution is 1.22. The molecule has 0 saturated heterocycles. The average Bonchev–Trinajstić information content (AvgIpc) is 3.30. The molecule has 0 fully saturated rings. The summed E-state index contributed by atoms with van der Waals surface area (Å²) in [4.78, 5) is 0. The predicted molar refractivity (Wildman–Crippen MR) is 111 cm³/mol. The van der Waals surface area contributed by atoms with Gasteiger partial charge in [0.05, 0.1) is 0 Å². The third kappa shape index (κ3) is 1.76. The number of hydrogen-bond acceptors (Lipinski definition) is 0. The van der Waals surface area contributed by atoms with E-state index in [1.807, 2.05) is 0 Å². The van der Waals surface area contributed by atoms with Crippen molar-refractivity contribution in [2.75, 3.05) is 0 Å². The molecule has 4 aromatic rings. The van der Waals surface area contributed by atoms with Crippen LogP contribution in [0.3, 0.4) is 0 Å². The van der Waals surface area contributed by atoms with Crippen LogP contribution in [0.2, 0.25) is 0 Å². The van der Waals surface area contributed by atoms with E-state index in [1.54, 1.807) is 0 Å². The van der Waals surface area contributed by atoms with Crippen LogP contribution in [0, 0.1) is 0 Å². The zero-order valence-corrected chi connectivity index (χ0v) is 14.3. The largest absolute Gasteiger partial charge is 0.377 e. The van der Waals surface area contributed by atoms with Gasteiger partial charge in [0, 0.05) is 17.0 Å². The Hall–Kier alpha value is -3.26. The SMILES string of the molecule is C1=Cc2ccc3n2B1c1ccccc1-c1ccccc1-c1ccccc1-3. The molecule has 1 nitrogen and oxygen atoms in total. The summed E-state index contributed by atoms with van der Waals surface area (Å²) in [6.45, 7) is 0.241. The fourth-order valence-electron chi connectivity index (χ4n) is 4.54. The van der Waals surface area contributed by atoms with Crippen LogP contribution in [0.15, 0.2) is 90.9 Å². The molecule has 0 saturated carbocycles. The topological polar surface area (TPSA) is 4.93 Å². The zero-order valence-electron chi connectivity index (χ0n) is 14.3. The van der Waals surface area contributed by atoms with Gasteiger partial charge in [-0.05, 0) is 45.9 Å². The first-order valence-corrected chi connectivity index (χ1v) is 9.09. The van der Waals surface area contributed by atoms with E-state index in [0.29, 0.717) is 0 Å². The second-order valence-electron chi connectivity index (χ2n) is 7.00. The van der Waals surface area contributed by atoms with Crippen molar-refractivity contribution < 1.29 is 0 Å². The van der Waals surface area contributed by atoms with Crippen molar-refractivity contribution in [2.24, 2.45) is 0 Å². The molecule has 0 aliphatic carbocycles. The molecule has 3 heterocycles. The monoisotopic (exact) mass is 329 g/mol. The molecular formula is C24H16BN. The molecule has 2 aliphatic rings. The van der Waals surface area contributed by atoms with Gasteiger partial charge in [-0.2, -0.15) is 0 Å². The zero-order chi connectivity index (χ0) is 17.1. The highest BCUT2D eigenvalue weighted by Crippen LogP contribution is 2.40. The molecule has 2 heteroatoms. The van der Waals surface area contributed by atoms with Crippen LogP contribution < -0.4 is 5.46 Å². The number of aromatic nitrogens is 1. The Balaban J connectivity index is 1.83. The van der Waals surface area contributed by atoms with Crippen LogP contribution in [-0.4, -0.2) is 11.3 Å². The Labute approximate surface area is 153 Å². The number of nitrogens with zero attached hydrogens (tertiary/aromatic N) is 1. The molecule has 1 aromatic heterocycles. The molecule has 0 radical (unpaired) electrons. The minimum absolute atomic E-state index is 0.241. The van der Waals surface area contributed by atoms with E-state index in [0.717, 1.165) is 0 Å². The van der Waals surface area contributed by atoms with E-state index < -0.39 is 0 Å². The van der Waals surface area contributed by atoms with Crippen molar-refractivity contribution in [1.29, 1.82) is 0 Å². The highest BCUT2D eigenvalue weighted by Gasteiger charge is 2.30. The van der Waals surface area contributed by atoms with Crippen LogP contribution in [0.5, 0.6) is 0 Å². The smallest absolute Gasteiger partial charge is 0.321 e. The maximum absolute atomic E-state index is 2.48. The molecular weight excluding hydrogens is 313 g/mol. The van der Waals surface area contributed by atoms with Crippen molar-refractivity contribution in [3.05, 3.63) is 96.6 Å². The first-order chi connectivity index (χ1) is 12.9. The lowest BCUT2D eigenvalue weighted by Gasteiger charge is -2.16. The molecule has 0 amide bonds. The summed E-state index contributed by atoms with van der Waals surface area (Å²) in [5, 5.41) is 0. The highest BCUT2D eigenvalue weighted by molar-refractivity contribution is 6.79. The predicted octanol–water partition coefficient (Wildman–Crippen LogP) is 5.12. The first-order valence-electron chi connectivity index (χ1n) is 9.09. The van der Waals surface area contributed by atoms with E-state index in [2.05, 4.69) is 101 Å². The van der Waals surface area contributed by atoms with Gasteiger partial charge in [0.2, 0.25) is 0 Å². The summed E-state index contributed by atoms with van der Waals surface area (Å²) in [5.74, 6) is 2.33. The lowest BCUT2D eigenvalue weighted by Crippen LogP contribution is -2.36. The Morgan fingerprint density at radius 1 is 0.538 bits per heavy atom. The van der Waals surface area contributed by atoms with Crippen molar-refractivity contribution in [3.8, 4) is 33.5 Å². The van der Waals surface area contributed by atoms with Gasteiger partial charge in [-0.3, -0.25) is 0 Å². The Morgan fingerprint density at radius 2 is 1.12 bits per heavy atom. The van der Waals surface area contributed by atoms with Gasteiger partial charge in [-0.15, -0.1) is 0 Å². The van der Waals surface area contributed by atoms with Gasteiger partial charge in [0.15, 0.2) is 0 Å². The maximum atomic E-state index is 2.48. The molecule has 0 spiro atoms. The molecule has 0 unspecified atom stereocenters. The van der Waals surface area contributed by atoms with E-state index in [1.165, 1.54) is 44.7 Å². The molecule has 0 N–H and O–H groups in total. The van der Waals surface area contributed by atoms with Crippen LogP contribution in [0.25, 0.3) is 39.6 Å². The number of benzene rings is 3. The molecule has 0 atom stereocenters. The van der Waals surface area contributed by atoms with Crippen LogP contribution in [0.1, 0.15) is 5.69 Å². The van der Waals surface area contributed by atoms with Crippen molar-refractivity contribution in [3.63, 3.8) is 0 Å². The summed E-state index contributed by atoms with van der Waals surface area (Å²) in [6.07, 6.45) is 2.25. The first kappa shape index (κ1) is 14.0. The van der Waals surface area contributed by atoms with Gasteiger partial charge in [0.25, 0.3) is 0 Å². The Bertz CT molecular complexity index is 1200. The molecule has 120 valence electrons. The minimum Gasteiger partial charge on any atom is -0.377 e. The third-order valence-electron chi connectivity index (χ3n) is 5.67. The Morgan fingerprint density at radius 3 is 1.88 bits per heavy atom. The van der Waals surface area contributed by atoms with Gasteiger partial charge in [-0.25, -0.2) is 0 Å². The van der Waals surface area contributed by atoms with Gasteiger partial charge >= 0.3 is 6.85 Å². The van der Waals surface area contributed by atoms with Crippen molar-refractivity contribution in [1.82, 2.24) is 4.48 Å². The second kappa shape index (κ2) is 5.12. The molecule has 0 bridgehead atoms. The molecule has 26 heavy (non-hydrogen) atoms. The molecule has 3 aromatic carbocycles. The molecule has 2 aliphatic heterocycles.